The molecule has 1 aromatic heterocycles. The molecule has 3 rings (SSSR count). The van der Waals surface area contributed by atoms with Crippen molar-refractivity contribution in [3.63, 3.8) is 0 Å². The molecule has 9 heteroatoms. The lowest BCUT2D eigenvalue weighted by molar-refractivity contribution is -0.121. The van der Waals surface area contributed by atoms with E-state index in [1.165, 1.54) is 6.07 Å². The molecule has 1 heterocycles. The Morgan fingerprint density at radius 2 is 1.80 bits per heavy atom. The number of hydrogen-bond acceptors (Lipinski definition) is 5. The van der Waals surface area contributed by atoms with Gasteiger partial charge in [-0.05, 0) is 50.3 Å². The van der Waals surface area contributed by atoms with Crippen LogP contribution in [0.2, 0.25) is 0 Å². The average molecular weight is 440 g/mol. The average Bonchev–Trinajstić information content (AvgIpc) is 2.67. The number of rotatable bonds is 6. The van der Waals surface area contributed by atoms with E-state index in [9.17, 15) is 13.6 Å². The highest BCUT2D eigenvalue weighted by Gasteiger charge is 2.23. The predicted octanol–water partition coefficient (Wildman–Crippen LogP) is 3.63. The van der Waals surface area contributed by atoms with E-state index in [0.29, 0.717) is 11.5 Å². The SMILES string of the molecule is Cc1cnc(N[C@H]2CC[C@@H](NC(=O)Cc3ccc(F)c(F)c3)CC2)nc1N(C)C.Cl. The number of carbonyl (C=O) groups is 1. The Morgan fingerprint density at radius 3 is 2.43 bits per heavy atom. The van der Waals surface area contributed by atoms with Gasteiger partial charge in [-0.25, -0.2) is 13.8 Å². The first kappa shape index (κ1) is 23.8. The fourth-order valence-corrected chi connectivity index (χ4v) is 3.63. The summed E-state index contributed by atoms with van der Waals surface area (Å²) < 4.78 is 26.3. The van der Waals surface area contributed by atoms with Crippen LogP contribution in [0, 0.1) is 18.6 Å². The molecule has 1 aromatic carbocycles. The molecule has 6 nitrogen and oxygen atoms in total. The fourth-order valence-electron chi connectivity index (χ4n) is 3.63. The predicted molar refractivity (Wildman–Crippen MR) is 116 cm³/mol. The van der Waals surface area contributed by atoms with Crippen LogP contribution < -0.4 is 15.5 Å². The highest BCUT2D eigenvalue weighted by atomic mass is 35.5. The van der Waals surface area contributed by atoms with Gasteiger partial charge in [-0.1, -0.05) is 6.07 Å². The van der Waals surface area contributed by atoms with Crippen molar-refractivity contribution in [1.29, 1.82) is 0 Å². The number of aromatic nitrogens is 2. The van der Waals surface area contributed by atoms with Crippen molar-refractivity contribution in [1.82, 2.24) is 15.3 Å². The summed E-state index contributed by atoms with van der Waals surface area (Å²) in [4.78, 5) is 23.1. The van der Waals surface area contributed by atoms with Gasteiger partial charge in [-0.2, -0.15) is 4.98 Å². The Labute approximate surface area is 181 Å². The Hall–Kier alpha value is -2.48. The van der Waals surface area contributed by atoms with Crippen molar-refractivity contribution >= 4 is 30.1 Å². The fraction of sp³-hybridized carbons (Fsp3) is 0.476. The maximum Gasteiger partial charge on any atom is 0.224 e. The molecule has 1 amide bonds. The van der Waals surface area contributed by atoms with Crippen LogP contribution in [0.1, 0.15) is 36.8 Å². The van der Waals surface area contributed by atoms with Crippen LogP contribution in [-0.2, 0) is 11.2 Å². The van der Waals surface area contributed by atoms with Gasteiger partial charge in [0.2, 0.25) is 11.9 Å². The summed E-state index contributed by atoms with van der Waals surface area (Å²) in [6.45, 7) is 1.98. The molecule has 164 valence electrons. The molecule has 2 N–H and O–H groups in total. The van der Waals surface area contributed by atoms with Crippen molar-refractivity contribution in [3.8, 4) is 0 Å². The third-order valence-corrected chi connectivity index (χ3v) is 5.14. The first-order valence-corrected chi connectivity index (χ1v) is 9.82. The van der Waals surface area contributed by atoms with E-state index in [2.05, 4.69) is 20.6 Å². The van der Waals surface area contributed by atoms with Crippen LogP contribution >= 0.6 is 12.4 Å². The molecule has 0 radical (unpaired) electrons. The summed E-state index contributed by atoms with van der Waals surface area (Å²) in [5.41, 5.74) is 1.48. The number of aryl methyl sites for hydroxylation is 1. The van der Waals surface area contributed by atoms with Crippen LogP contribution in [-0.4, -0.2) is 42.1 Å². The van der Waals surface area contributed by atoms with Crippen molar-refractivity contribution in [2.75, 3.05) is 24.3 Å². The molecule has 1 saturated carbocycles. The monoisotopic (exact) mass is 439 g/mol. The van der Waals surface area contributed by atoms with Gasteiger partial charge in [0.1, 0.15) is 5.82 Å². The lowest BCUT2D eigenvalue weighted by atomic mass is 9.91. The summed E-state index contributed by atoms with van der Waals surface area (Å²) in [6.07, 6.45) is 5.32. The van der Waals surface area contributed by atoms with Gasteiger partial charge in [0.05, 0.1) is 6.42 Å². The molecule has 0 spiro atoms. The highest BCUT2D eigenvalue weighted by molar-refractivity contribution is 5.85. The Bertz CT molecular complexity index is 872. The van der Waals surface area contributed by atoms with Crippen molar-refractivity contribution in [2.24, 2.45) is 0 Å². The number of nitrogens with zero attached hydrogens (tertiary/aromatic N) is 3. The zero-order chi connectivity index (χ0) is 21.0. The minimum Gasteiger partial charge on any atom is -0.362 e. The van der Waals surface area contributed by atoms with Crippen LogP contribution in [0.25, 0.3) is 0 Å². The van der Waals surface area contributed by atoms with E-state index in [0.717, 1.165) is 49.2 Å². The van der Waals surface area contributed by atoms with Crippen LogP contribution in [0.15, 0.2) is 24.4 Å². The van der Waals surface area contributed by atoms with E-state index in [-0.39, 0.29) is 36.8 Å². The third-order valence-electron chi connectivity index (χ3n) is 5.14. The van der Waals surface area contributed by atoms with E-state index in [4.69, 9.17) is 0 Å². The zero-order valence-electron chi connectivity index (χ0n) is 17.4. The molecular weight excluding hydrogens is 412 g/mol. The van der Waals surface area contributed by atoms with Gasteiger partial charge in [-0.15, -0.1) is 12.4 Å². The number of halogens is 3. The number of anilines is 2. The second-order valence-electron chi connectivity index (χ2n) is 7.78. The van der Waals surface area contributed by atoms with Gasteiger partial charge < -0.3 is 15.5 Å². The maximum atomic E-state index is 13.3. The largest absolute Gasteiger partial charge is 0.362 e. The Kier molecular flexibility index (Phi) is 8.34. The Morgan fingerprint density at radius 1 is 1.13 bits per heavy atom. The van der Waals surface area contributed by atoms with Crippen LogP contribution in [0.5, 0.6) is 0 Å². The summed E-state index contributed by atoms with van der Waals surface area (Å²) >= 11 is 0. The molecule has 1 aliphatic rings. The van der Waals surface area contributed by atoms with Gasteiger partial charge in [-0.3, -0.25) is 4.79 Å². The Balaban J connectivity index is 0.00000320. The molecule has 30 heavy (non-hydrogen) atoms. The quantitative estimate of drug-likeness (QED) is 0.719. The maximum absolute atomic E-state index is 13.3. The standard InChI is InChI=1S/C21H27F2N5O.ClH/c1-13-12-24-21(27-20(13)28(2)3)26-16-7-5-15(6-8-16)25-19(29)11-14-4-9-17(22)18(23)10-14;/h4,9-10,12,15-16H,5-8,11H2,1-3H3,(H,25,29)(H,24,26,27);1H/t15-,16+;. The van der Waals surface area contributed by atoms with Gasteiger partial charge in [0, 0.05) is 37.9 Å². The number of amides is 1. The topological polar surface area (TPSA) is 70.1 Å². The first-order chi connectivity index (χ1) is 13.8. The van der Waals surface area contributed by atoms with Gasteiger partial charge >= 0.3 is 0 Å². The highest BCUT2D eigenvalue weighted by Crippen LogP contribution is 2.23. The van der Waals surface area contributed by atoms with E-state index in [1.807, 2.05) is 32.1 Å². The van der Waals surface area contributed by atoms with Crippen molar-refractivity contribution in [2.45, 2.75) is 51.1 Å². The molecule has 0 saturated heterocycles. The lowest BCUT2D eigenvalue weighted by Gasteiger charge is -2.30. The summed E-state index contributed by atoms with van der Waals surface area (Å²) in [5.74, 6) is -0.511. The zero-order valence-corrected chi connectivity index (χ0v) is 18.2. The smallest absolute Gasteiger partial charge is 0.224 e. The second-order valence-corrected chi connectivity index (χ2v) is 7.78. The molecule has 1 aliphatic carbocycles. The minimum atomic E-state index is -0.933. The van der Waals surface area contributed by atoms with E-state index >= 15 is 0 Å². The minimum absolute atomic E-state index is 0. The first-order valence-electron chi connectivity index (χ1n) is 9.82. The molecule has 0 bridgehead atoms. The summed E-state index contributed by atoms with van der Waals surface area (Å²) in [6, 6.07) is 3.89. The van der Waals surface area contributed by atoms with E-state index in [1.54, 1.807) is 0 Å². The van der Waals surface area contributed by atoms with Crippen molar-refractivity contribution < 1.29 is 13.6 Å². The third kappa shape index (κ3) is 6.26. The summed E-state index contributed by atoms with van der Waals surface area (Å²) in [5, 5.41) is 6.39. The second kappa shape index (κ2) is 10.5. The summed E-state index contributed by atoms with van der Waals surface area (Å²) in [7, 11) is 3.90. The molecule has 0 atom stereocenters. The van der Waals surface area contributed by atoms with Gasteiger partial charge in [0.15, 0.2) is 11.6 Å². The molecule has 2 aromatic rings. The molecule has 0 unspecified atom stereocenters. The lowest BCUT2D eigenvalue weighted by Crippen LogP contribution is -2.41. The molecule has 0 aliphatic heterocycles. The van der Waals surface area contributed by atoms with Crippen LogP contribution in [0.4, 0.5) is 20.5 Å². The molecule has 1 fully saturated rings. The number of hydrogen-bond donors (Lipinski definition) is 2. The number of nitrogens with one attached hydrogen (secondary N) is 2. The normalized spacial score (nSPS) is 18.3. The van der Waals surface area contributed by atoms with Gasteiger partial charge in [0.25, 0.3) is 0 Å². The van der Waals surface area contributed by atoms with Crippen molar-refractivity contribution in [3.05, 3.63) is 47.2 Å². The molecular formula is C21H28ClF2N5O. The van der Waals surface area contributed by atoms with E-state index < -0.39 is 11.6 Å². The number of carbonyl (C=O) groups excluding carboxylic acids is 1. The van der Waals surface area contributed by atoms with Crippen LogP contribution in [0.3, 0.4) is 0 Å². The number of benzene rings is 1.